The second kappa shape index (κ2) is 6.68. The van der Waals surface area contributed by atoms with Crippen LogP contribution in [0.1, 0.15) is 19.0 Å². The molecule has 0 spiro atoms. The van der Waals surface area contributed by atoms with Crippen LogP contribution in [0.3, 0.4) is 0 Å². The van der Waals surface area contributed by atoms with Gasteiger partial charge in [0, 0.05) is 38.1 Å². The molecule has 0 amide bonds. The summed E-state index contributed by atoms with van der Waals surface area (Å²) in [5.41, 5.74) is 6.49. The maximum atomic E-state index is 12.3. The zero-order valence-corrected chi connectivity index (χ0v) is 12.5. The highest BCUT2D eigenvalue weighted by Crippen LogP contribution is 2.15. The Labute approximate surface area is 119 Å². The molecule has 8 heteroatoms. The maximum Gasteiger partial charge on any atom is 0.254 e. The summed E-state index contributed by atoms with van der Waals surface area (Å²) in [4.78, 5) is 2.85. The quantitative estimate of drug-likeness (QED) is 0.765. The van der Waals surface area contributed by atoms with Gasteiger partial charge in [0.1, 0.15) is 4.90 Å². The molecule has 1 aliphatic rings. The molecule has 0 aromatic carbocycles. The number of nitrogens with one attached hydrogen (secondary N) is 1. The Morgan fingerprint density at radius 2 is 2.10 bits per heavy atom. The van der Waals surface area contributed by atoms with E-state index in [0.29, 0.717) is 32.8 Å². The molecule has 0 aliphatic carbocycles. The first-order valence-corrected chi connectivity index (χ1v) is 8.29. The lowest BCUT2D eigenvalue weighted by Gasteiger charge is -2.26. The van der Waals surface area contributed by atoms with Crippen LogP contribution < -0.4 is 10.6 Å². The number of aryl methyl sites for hydroxylation is 1. The largest absolute Gasteiger partial charge is 0.379 e. The Kier molecular flexibility index (Phi) is 5.17. The zero-order chi connectivity index (χ0) is 14.6. The Bertz CT molecular complexity index is 535. The van der Waals surface area contributed by atoms with Crippen LogP contribution in [0, 0.1) is 0 Å². The molecule has 7 nitrogen and oxygen atoms in total. The van der Waals surface area contributed by atoms with E-state index in [1.54, 1.807) is 17.3 Å². The first kappa shape index (κ1) is 15.5. The summed E-state index contributed by atoms with van der Waals surface area (Å²) in [5, 5.41) is 1.66. The molecule has 2 heterocycles. The molecule has 2 rings (SSSR count). The van der Waals surface area contributed by atoms with E-state index in [1.165, 1.54) is 0 Å². The van der Waals surface area contributed by atoms with E-state index >= 15 is 0 Å². The Balaban J connectivity index is 2.15. The van der Waals surface area contributed by atoms with Crippen molar-refractivity contribution in [2.24, 2.45) is 5.73 Å². The standard InChI is InChI=1S/C12H22N4O3S/c1-2-3-15-10-12(8-11(15)9-13)20(17,18)14-16-4-6-19-7-5-16/h8,10,14H,2-7,9,13H2,1H3. The second-order valence-electron chi connectivity index (χ2n) is 4.76. The van der Waals surface area contributed by atoms with Crippen LogP contribution in [0.4, 0.5) is 0 Å². The highest BCUT2D eigenvalue weighted by atomic mass is 32.2. The molecule has 1 aliphatic heterocycles. The number of nitrogens with zero attached hydrogens (tertiary/aromatic N) is 2. The van der Waals surface area contributed by atoms with Gasteiger partial charge in [-0.15, -0.1) is 4.83 Å². The third kappa shape index (κ3) is 3.58. The Morgan fingerprint density at radius 3 is 2.70 bits per heavy atom. The fourth-order valence-electron chi connectivity index (χ4n) is 2.17. The summed E-state index contributed by atoms with van der Waals surface area (Å²) in [6, 6.07) is 1.64. The van der Waals surface area contributed by atoms with Crippen molar-refractivity contribution >= 4 is 10.0 Å². The van der Waals surface area contributed by atoms with Gasteiger partial charge < -0.3 is 15.0 Å². The molecule has 1 fully saturated rings. The van der Waals surface area contributed by atoms with Gasteiger partial charge in [-0.25, -0.2) is 13.4 Å². The molecule has 0 bridgehead atoms. The van der Waals surface area contributed by atoms with Gasteiger partial charge in [0.05, 0.1) is 13.2 Å². The van der Waals surface area contributed by atoms with E-state index in [0.717, 1.165) is 18.7 Å². The summed E-state index contributed by atoms with van der Waals surface area (Å²) >= 11 is 0. The van der Waals surface area contributed by atoms with Crippen molar-refractivity contribution in [1.29, 1.82) is 0 Å². The summed E-state index contributed by atoms with van der Waals surface area (Å²) < 4.78 is 31.8. The van der Waals surface area contributed by atoms with Gasteiger partial charge in [0.15, 0.2) is 0 Å². The summed E-state index contributed by atoms with van der Waals surface area (Å²) in [6.45, 7) is 5.31. The predicted molar refractivity (Wildman–Crippen MR) is 75.3 cm³/mol. The monoisotopic (exact) mass is 302 g/mol. The minimum atomic E-state index is -3.55. The number of hydrazine groups is 1. The third-order valence-corrected chi connectivity index (χ3v) is 4.55. The van der Waals surface area contributed by atoms with E-state index < -0.39 is 10.0 Å². The van der Waals surface area contributed by atoms with E-state index in [9.17, 15) is 8.42 Å². The first-order chi connectivity index (χ1) is 9.56. The number of morpholine rings is 1. The van der Waals surface area contributed by atoms with E-state index in [4.69, 9.17) is 10.5 Å². The van der Waals surface area contributed by atoms with Crippen LogP contribution in [-0.4, -0.2) is 44.3 Å². The third-order valence-electron chi connectivity index (χ3n) is 3.21. The fraction of sp³-hybridized carbons (Fsp3) is 0.667. The smallest absolute Gasteiger partial charge is 0.254 e. The molecule has 0 unspecified atom stereocenters. The number of nitrogens with two attached hydrogens (primary N) is 1. The van der Waals surface area contributed by atoms with Crippen LogP contribution in [0.15, 0.2) is 17.2 Å². The molecular formula is C12H22N4O3S. The number of hydrogen-bond acceptors (Lipinski definition) is 5. The number of aromatic nitrogens is 1. The zero-order valence-electron chi connectivity index (χ0n) is 11.7. The van der Waals surface area contributed by atoms with Gasteiger partial charge >= 0.3 is 0 Å². The van der Waals surface area contributed by atoms with Crippen molar-refractivity contribution in [2.45, 2.75) is 31.3 Å². The van der Waals surface area contributed by atoms with Crippen LogP contribution >= 0.6 is 0 Å². The summed E-state index contributed by atoms with van der Waals surface area (Å²) in [6.07, 6.45) is 2.58. The lowest BCUT2D eigenvalue weighted by Crippen LogP contribution is -2.48. The molecule has 0 saturated carbocycles. The first-order valence-electron chi connectivity index (χ1n) is 6.81. The summed E-state index contributed by atoms with van der Waals surface area (Å²) in [5.74, 6) is 0. The second-order valence-corrected chi connectivity index (χ2v) is 6.42. The van der Waals surface area contributed by atoms with E-state index in [2.05, 4.69) is 4.83 Å². The van der Waals surface area contributed by atoms with Crippen LogP contribution in [-0.2, 0) is 27.8 Å². The highest BCUT2D eigenvalue weighted by molar-refractivity contribution is 7.89. The van der Waals surface area contributed by atoms with Crippen molar-refractivity contribution in [3.05, 3.63) is 18.0 Å². The van der Waals surface area contributed by atoms with Gasteiger partial charge in [-0.3, -0.25) is 0 Å². The van der Waals surface area contributed by atoms with Gasteiger partial charge in [-0.1, -0.05) is 6.92 Å². The normalized spacial score (nSPS) is 17.5. The highest BCUT2D eigenvalue weighted by Gasteiger charge is 2.22. The van der Waals surface area contributed by atoms with Crippen molar-refractivity contribution in [1.82, 2.24) is 14.4 Å². The van der Waals surface area contributed by atoms with Crippen molar-refractivity contribution in [3.8, 4) is 0 Å². The SMILES string of the molecule is CCCn1cc(S(=O)(=O)NN2CCOCC2)cc1CN. The molecule has 3 N–H and O–H groups in total. The van der Waals surface area contributed by atoms with Gasteiger partial charge in [-0.2, -0.15) is 0 Å². The Morgan fingerprint density at radius 1 is 1.40 bits per heavy atom. The molecule has 1 aromatic rings. The minimum Gasteiger partial charge on any atom is -0.379 e. The molecule has 114 valence electrons. The molecule has 0 radical (unpaired) electrons. The van der Waals surface area contributed by atoms with Gasteiger partial charge in [0.25, 0.3) is 10.0 Å². The van der Waals surface area contributed by atoms with Crippen molar-refractivity contribution in [3.63, 3.8) is 0 Å². The van der Waals surface area contributed by atoms with Gasteiger partial charge in [-0.05, 0) is 12.5 Å². The predicted octanol–water partition coefficient (Wildman–Crippen LogP) is -0.118. The number of sulfonamides is 1. The fourth-order valence-corrected chi connectivity index (χ4v) is 3.36. The minimum absolute atomic E-state index is 0.262. The maximum absolute atomic E-state index is 12.3. The lowest BCUT2D eigenvalue weighted by atomic mass is 10.4. The average Bonchev–Trinajstić information content (AvgIpc) is 2.84. The van der Waals surface area contributed by atoms with E-state index in [-0.39, 0.29) is 4.90 Å². The molecular weight excluding hydrogens is 280 g/mol. The number of rotatable bonds is 6. The van der Waals surface area contributed by atoms with E-state index in [1.807, 2.05) is 11.5 Å². The summed E-state index contributed by atoms with van der Waals surface area (Å²) in [7, 11) is -3.55. The van der Waals surface area contributed by atoms with Crippen LogP contribution in [0.5, 0.6) is 0 Å². The van der Waals surface area contributed by atoms with Crippen molar-refractivity contribution in [2.75, 3.05) is 26.3 Å². The van der Waals surface area contributed by atoms with Gasteiger partial charge in [0.2, 0.25) is 0 Å². The number of hydrogen-bond donors (Lipinski definition) is 2. The molecule has 1 aromatic heterocycles. The van der Waals surface area contributed by atoms with Crippen LogP contribution in [0.25, 0.3) is 0 Å². The Hall–Kier alpha value is -0.930. The topological polar surface area (TPSA) is 89.6 Å². The molecule has 0 atom stereocenters. The molecule has 1 saturated heterocycles. The van der Waals surface area contributed by atoms with Crippen LogP contribution in [0.2, 0.25) is 0 Å². The lowest BCUT2D eigenvalue weighted by molar-refractivity contribution is 0.0272. The molecule has 20 heavy (non-hydrogen) atoms. The number of ether oxygens (including phenoxy) is 1. The average molecular weight is 302 g/mol. The van der Waals surface area contributed by atoms with Crippen molar-refractivity contribution < 1.29 is 13.2 Å².